The molecule has 1 aliphatic carbocycles. The highest BCUT2D eigenvalue weighted by Gasteiger charge is 2.32. The van der Waals surface area contributed by atoms with Crippen molar-refractivity contribution in [1.82, 2.24) is 0 Å². The predicted octanol–water partition coefficient (Wildman–Crippen LogP) is 3.74. The Kier molecular flexibility index (Phi) is 4.64. The Bertz CT molecular complexity index is 433. The smallest absolute Gasteiger partial charge is 0.197 e. The second-order valence-electron chi connectivity index (χ2n) is 5.02. The normalized spacial score (nSPS) is 18.3. The molecular formula is C15H18F2O2. The summed E-state index contributed by atoms with van der Waals surface area (Å²) in [6, 6.07) is 3.46. The fraction of sp³-hybridized carbons (Fsp3) is 0.533. The van der Waals surface area contributed by atoms with Gasteiger partial charge >= 0.3 is 0 Å². The predicted molar refractivity (Wildman–Crippen MR) is 68.1 cm³/mol. The van der Waals surface area contributed by atoms with Crippen molar-refractivity contribution in [2.75, 3.05) is 7.11 Å². The van der Waals surface area contributed by atoms with Crippen LogP contribution in [0.3, 0.4) is 0 Å². The summed E-state index contributed by atoms with van der Waals surface area (Å²) in [6.07, 6.45) is 4.23. The molecule has 2 rings (SSSR count). The molecule has 1 unspecified atom stereocenters. The molecule has 0 amide bonds. The van der Waals surface area contributed by atoms with Crippen LogP contribution in [0.25, 0.3) is 0 Å². The van der Waals surface area contributed by atoms with E-state index in [1.54, 1.807) is 0 Å². The first kappa shape index (κ1) is 14.1. The van der Waals surface area contributed by atoms with Crippen molar-refractivity contribution in [3.63, 3.8) is 0 Å². The van der Waals surface area contributed by atoms with Crippen LogP contribution in [-0.2, 0) is 4.74 Å². The second kappa shape index (κ2) is 6.24. The van der Waals surface area contributed by atoms with Gasteiger partial charge in [0.2, 0.25) is 0 Å². The van der Waals surface area contributed by atoms with Gasteiger partial charge in [0.1, 0.15) is 17.7 Å². The van der Waals surface area contributed by atoms with E-state index in [-0.39, 0.29) is 5.92 Å². The van der Waals surface area contributed by atoms with E-state index < -0.39 is 29.1 Å². The molecule has 1 atom stereocenters. The van der Waals surface area contributed by atoms with Gasteiger partial charge in [-0.05, 0) is 30.9 Å². The van der Waals surface area contributed by atoms with Crippen molar-refractivity contribution < 1.29 is 18.3 Å². The van der Waals surface area contributed by atoms with Crippen LogP contribution in [-0.4, -0.2) is 19.0 Å². The molecule has 1 aromatic carbocycles. The number of halogens is 2. The Morgan fingerprint density at radius 1 is 1.21 bits per heavy atom. The zero-order valence-corrected chi connectivity index (χ0v) is 11.0. The van der Waals surface area contributed by atoms with Crippen molar-refractivity contribution >= 4 is 5.78 Å². The molecule has 0 spiro atoms. The number of hydrogen-bond acceptors (Lipinski definition) is 2. The molecule has 0 aliphatic heterocycles. The lowest BCUT2D eigenvalue weighted by Gasteiger charge is -2.28. The summed E-state index contributed by atoms with van der Waals surface area (Å²) in [5.41, 5.74) is -0.472. The maximum absolute atomic E-state index is 13.6. The van der Waals surface area contributed by atoms with Crippen molar-refractivity contribution in [1.29, 1.82) is 0 Å². The van der Waals surface area contributed by atoms with Crippen LogP contribution in [0.15, 0.2) is 18.2 Å². The number of ether oxygens (including phenoxy) is 1. The summed E-state index contributed by atoms with van der Waals surface area (Å²) in [5.74, 6) is -2.15. The molecule has 0 radical (unpaired) electrons. The topological polar surface area (TPSA) is 26.3 Å². The fourth-order valence-electron chi connectivity index (χ4n) is 2.83. The van der Waals surface area contributed by atoms with Gasteiger partial charge in [0.15, 0.2) is 5.78 Å². The van der Waals surface area contributed by atoms with E-state index in [4.69, 9.17) is 4.74 Å². The molecule has 1 fully saturated rings. The molecule has 1 saturated carbocycles. The van der Waals surface area contributed by atoms with Gasteiger partial charge in [-0.15, -0.1) is 0 Å². The Labute approximate surface area is 111 Å². The Hall–Kier alpha value is -1.29. The summed E-state index contributed by atoms with van der Waals surface area (Å²) in [7, 11) is 1.43. The number of ketones is 1. The van der Waals surface area contributed by atoms with Crippen molar-refractivity contribution in [3.05, 3.63) is 35.4 Å². The lowest BCUT2D eigenvalue weighted by molar-refractivity contribution is 0.0307. The van der Waals surface area contributed by atoms with Gasteiger partial charge in [-0.25, -0.2) is 8.78 Å². The quantitative estimate of drug-likeness (QED) is 0.777. The van der Waals surface area contributed by atoms with Crippen LogP contribution < -0.4 is 0 Å². The minimum atomic E-state index is -0.817. The lowest BCUT2D eigenvalue weighted by atomic mass is 9.82. The van der Waals surface area contributed by atoms with E-state index >= 15 is 0 Å². The van der Waals surface area contributed by atoms with Crippen molar-refractivity contribution in [3.8, 4) is 0 Å². The molecule has 0 bridgehead atoms. The maximum atomic E-state index is 13.6. The number of carbonyl (C=O) groups is 1. The van der Waals surface area contributed by atoms with Gasteiger partial charge in [0.05, 0.1) is 5.56 Å². The summed E-state index contributed by atoms with van der Waals surface area (Å²) in [4.78, 5) is 12.3. The zero-order valence-electron chi connectivity index (χ0n) is 11.0. The number of rotatable bonds is 4. The van der Waals surface area contributed by atoms with Crippen LogP contribution >= 0.6 is 0 Å². The van der Waals surface area contributed by atoms with Crippen LogP contribution in [0, 0.1) is 17.6 Å². The molecule has 0 N–H and O–H groups in total. The van der Waals surface area contributed by atoms with E-state index in [9.17, 15) is 13.6 Å². The summed E-state index contributed by atoms with van der Waals surface area (Å²) >= 11 is 0. The minimum Gasteiger partial charge on any atom is -0.373 e. The van der Waals surface area contributed by atoms with Crippen LogP contribution in [0.1, 0.15) is 42.5 Å². The number of carbonyl (C=O) groups excluding carboxylic acids is 1. The van der Waals surface area contributed by atoms with Gasteiger partial charge in [-0.2, -0.15) is 0 Å². The molecule has 1 aromatic rings. The maximum Gasteiger partial charge on any atom is 0.197 e. The van der Waals surface area contributed by atoms with Gasteiger partial charge in [0, 0.05) is 7.11 Å². The largest absolute Gasteiger partial charge is 0.373 e. The third kappa shape index (κ3) is 3.00. The molecule has 1 aliphatic rings. The highest BCUT2D eigenvalue weighted by molar-refractivity contribution is 6.00. The van der Waals surface area contributed by atoms with Gasteiger partial charge in [-0.3, -0.25) is 4.79 Å². The number of Topliss-reactive ketones (excluding diaryl/α,β-unsaturated/α-hetero) is 1. The van der Waals surface area contributed by atoms with Crippen molar-refractivity contribution in [2.24, 2.45) is 5.92 Å². The minimum absolute atomic E-state index is 0.0604. The third-order valence-electron chi connectivity index (χ3n) is 3.80. The van der Waals surface area contributed by atoms with E-state index in [1.807, 2.05) is 0 Å². The van der Waals surface area contributed by atoms with Crippen LogP contribution in [0.4, 0.5) is 8.78 Å². The molecule has 104 valence electrons. The highest BCUT2D eigenvalue weighted by Crippen LogP contribution is 2.30. The van der Waals surface area contributed by atoms with E-state index in [0.717, 1.165) is 44.2 Å². The second-order valence-corrected chi connectivity index (χ2v) is 5.02. The SMILES string of the molecule is COC(C(=O)c1c(F)cccc1F)C1CCCCC1. The van der Waals surface area contributed by atoms with Gasteiger partial charge in [-0.1, -0.05) is 25.3 Å². The zero-order chi connectivity index (χ0) is 13.8. The van der Waals surface area contributed by atoms with Gasteiger partial charge < -0.3 is 4.74 Å². The molecule has 0 aromatic heterocycles. The first-order valence-corrected chi connectivity index (χ1v) is 6.66. The van der Waals surface area contributed by atoms with Crippen LogP contribution in [0.2, 0.25) is 0 Å². The molecule has 2 nitrogen and oxygen atoms in total. The number of benzene rings is 1. The Morgan fingerprint density at radius 2 is 1.79 bits per heavy atom. The van der Waals surface area contributed by atoms with E-state index in [1.165, 1.54) is 13.2 Å². The van der Waals surface area contributed by atoms with E-state index in [0.29, 0.717) is 0 Å². The first-order chi connectivity index (χ1) is 9.15. The molecule has 4 heteroatoms. The fourth-order valence-corrected chi connectivity index (χ4v) is 2.83. The average Bonchev–Trinajstić information content (AvgIpc) is 2.40. The average molecular weight is 268 g/mol. The van der Waals surface area contributed by atoms with E-state index in [2.05, 4.69) is 0 Å². The lowest BCUT2D eigenvalue weighted by Crippen LogP contribution is -2.34. The van der Waals surface area contributed by atoms with Crippen molar-refractivity contribution in [2.45, 2.75) is 38.2 Å². The molecular weight excluding hydrogens is 250 g/mol. The summed E-state index contributed by atoms with van der Waals surface area (Å²) < 4.78 is 32.5. The number of hydrogen-bond donors (Lipinski definition) is 0. The molecule has 0 heterocycles. The Morgan fingerprint density at radius 3 is 2.32 bits per heavy atom. The summed E-state index contributed by atoms with van der Waals surface area (Å²) in [6.45, 7) is 0. The molecule has 19 heavy (non-hydrogen) atoms. The van der Waals surface area contributed by atoms with Crippen LogP contribution in [0.5, 0.6) is 0 Å². The molecule has 0 saturated heterocycles. The Balaban J connectivity index is 2.25. The highest BCUT2D eigenvalue weighted by atomic mass is 19.1. The third-order valence-corrected chi connectivity index (χ3v) is 3.80. The van der Waals surface area contributed by atoms with Gasteiger partial charge in [0.25, 0.3) is 0 Å². The summed E-state index contributed by atoms with van der Waals surface area (Å²) in [5, 5.41) is 0. The monoisotopic (exact) mass is 268 g/mol. The first-order valence-electron chi connectivity index (χ1n) is 6.66. The number of methoxy groups -OCH3 is 1. The standard InChI is InChI=1S/C15H18F2O2/c1-19-15(10-6-3-2-4-7-10)14(18)13-11(16)8-5-9-12(13)17/h5,8-10,15H,2-4,6-7H2,1H3.